The van der Waals surface area contributed by atoms with Crippen LogP contribution in [0.25, 0.3) is 0 Å². The third kappa shape index (κ3) is 9.64. The minimum Gasteiger partial charge on any atom is -0.491 e. The van der Waals surface area contributed by atoms with Crippen molar-refractivity contribution in [2.75, 3.05) is 91.6 Å². The Bertz CT molecular complexity index is 1200. The number of rotatable bonds is 20. The Balaban J connectivity index is 0.00000461. The van der Waals surface area contributed by atoms with Crippen LogP contribution in [0.15, 0.2) is 42.5 Å². The maximum Gasteiger partial charge on any atom is 0.180 e. The van der Waals surface area contributed by atoms with Crippen molar-refractivity contribution in [3.8, 4) is 5.75 Å². The summed E-state index contributed by atoms with van der Waals surface area (Å²) < 4.78 is 32.6. The molecule has 2 aromatic carbocycles. The lowest BCUT2D eigenvalue weighted by molar-refractivity contribution is -0.00978. The van der Waals surface area contributed by atoms with Crippen LogP contribution >= 0.6 is 12.4 Å². The fraction of sp³-hybridized carbons (Fsp3) is 0.629. The van der Waals surface area contributed by atoms with Gasteiger partial charge in [0.2, 0.25) is 0 Å². The van der Waals surface area contributed by atoms with E-state index in [0.29, 0.717) is 77.8 Å². The SMILES string of the molecule is COCCOCCOCCOCCOCCOc1ccc(Nc2ccc3c(c2)[C@]2(C)CCN(CC4CC4)[C@H](C3=O)[C@@H]2C)cc1.Cl. The number of nitrogens with zero attached hydrogens (tertiary/aromatic N) is 1. The fourth-order valence-corrected chi connectivity index (χ4v) is 6.41. The molecule has 45 heavy (non-hydrogen) atoms. The molecule has 1 heterocycles. The molecule has 5 rings (SSSR count). The summed E-state index contributed by atoms with van der Waals surface area (Å²) in [4.78, 5) is 16.1. The molecule has 3 atom stereocenters. The third-order valence-electron chi connectivity index (χ3n) is 9.34. The minimum atomic E-state index is 0. The summed E-state index contributed by atoms with van der Waals surface area (Å²) in [6.45, 7) is 12.1. The van der Waals surface area contributed by atoms with Crippen LogP contribution in [-0.4, -0.2) is 103 Å². The lowest BCUT2D eigenvalue weighted by Crippen LogP contribution is -2.61. The summed E-state index contributed by atoms with van der Waals surface area (Å²) in [6, 6.07) is 14.2. The van der Waals surface area contributed by atoms with E-state index in [0.717, 1.165) is 48.1 Å². The van der Waals surface area contributed by atoms with Gasteiger partial charge >= 0.3 is 0 Å². The Hall–Kier alpha value is -2.24. The summed E-state index contributed by atoms with van der Waals surface area (Å²) in [6.07, 6.45) is 3.72. The molecule has 250 valence electrons. The zero-order valence-corrected chi connectivity index (χ0v) is 27.9. The number of anilines is 2. The van der Waals surface area contributed by atoms with E-state index in [4.69, 9.17) is 28.4 Å². The van der Waals surface area contributed by atoms with E-state index >= 15 is 0 Å². The minimum absolute atomic E-state index is 0. The second-order valence-corrected chi connectivity index (χ2v) is 12.4. The molecule has 3 aliphatic rings. The number of Topliss-reactive ketones (excluding diaryl/α,β-unsaturated/α-hetero) is 1. The van der Waals surface area contributed by atoms with Crippen LogP contribution < -0.4 is 10.1 Å². The maximum absolute atomic E-state index is 13.6. The highest BCUT2D eigenvalue weighted by Gasteiger charge is 2.52. The van der Waals surface area contributed by atoms with Crippen molar-refractivity contribution >= 4 is 29.6 Å². The Kier molecular flexibility index (Phi) is 13.9. The Labute approximate surface area is 274 Å². The number of piperidine rings is 1. The molecule has 10 heteroatoms. The molecule has 2 aromatic rings. The molecule has 9 nitrogen and oxygen atoms in total. The van der Waals surface area contributed by atoms with Crippen LogP contribution in [0.2, 0.25) is 0 Å². The van der Waals surface area contributed by atoms with Crippen LogP contribution in [0.5, 0.6) is 5.75 Å². The first kappa shape index (κ1) is 35.6. The molecule has 1 saturated carbocycles. The number of nitrogens with one attached hydrogen (secondary N) is 1. The predicted molar refractivity (Wildman–Crippen MR) is 178 cm³/mol. The number of halogens is 1. The maximum atomic E-state index is 13.6. The van der Waals surface area contributed by atoms with Crippen molar-refractivity contribution in [3.05, 3.63) is 53.6 Å². The number of ketones is 1. The first-order valence-corrected chi connectivity index (χ1v) is 16.2. The number of ether oxygens (including phenoxy) is 6. The first-order valence-electron chi connectivity index (χ1n) is 16.2. The van der Waals surface area contributed by atoms with Gasteiger partial charge in [-0.2, -0.15) is 0 Å². The Morgan fingerprint density at radius 3 is 2.00 bits per heavy atom. The van der Waals surface area contributed by atoms with E-state index in [1.165, 1.54) is 18.4 Å². The van der Waals surface area contributed by atoms with E-state index in [-0.39, 0.29) is 23.9 Å². The summed E-state index contributed by atoms with van der Waals surface area (Å²) >= 11 is 0. The second-order valence-electron chi connectivity index (χ2n) is 12.4. The highest BCUT2D eigenvalue weighted by molar-refractivity contribution is 6.04. The highest BCUT2D eigenvalue weighted by atomic mass is 35.5. The van der Waals surface area contributed by atoms with Gasteiger partial charge in [0.1, 0.15) is 12.4 Å². The molecule has 0 aromatic heterocycles. The van der Waals surface area contributed by atoms with E-state index in [1.807, 2.05) is 36.4 Å². The summed E-state index contributed by atoms with van der Waals surface area (Å²) in [5.41, 5.74) is 4.09. The van der Waals surface area contributed by atoms with Gasteiger partial charge in [0.25, 0.3) is 0 Å². The van der Waals surface area contributed by atoms with Gasteiger partial charge in [0, 0.05) is 30.6 Å². The number of hydrogen-bond acceptors (Lipinski definition) is 9. The van der Waals surface area contributed by atoms with E-state index in [2.05, 4.69) is 30.1 Å². The van der Waals surface area contributed by atoms with Gasteiger partial charge in [-0.05, 0) is 91.1 Å². The number of benzene rings is 2. The van der Waals surface area contributed by atoms with Gasteiger partial charge in [0.15, 0.2) is 5.78 Å². The van der Waals surface area contributed by atoms with Gasteiger partial charge in [-0.15, -0.1) is 12.4 Å². The second kappa shape index (κ2) is 17.6. The van der Waals surface area contributed by atoms with Crippen molar-refractivity contribution in [1.82, 2.24) is 4.90 Å². The standard InChI is InChI=1S/C35H50N2O7.ClH/c1-26-33-34(38)31-11-8-29(24-32(31)35(26,2)12-13-37(33)25-27-4-5-27)36-28-6-9-30(10-7-28)44-23-22-43-21-20-42-19-18-41-17-16-40-15-14-39-3;/h6-11,24,26-27,33,36H,4-5,12-23,25H2,1-3H3;1H/t26-,33-,35+;/m0./s1. The lowest BCUT2D eigenvalue weighted by atomic mass is 9.58. The normalized spacial score (nSPS) is 22.5. The molecule has 1 N–H and O–H groups in total. The summed E-state index contributed by atoms with van der Waals surface area (Å²) in [5.74, 6) is 2.19. The predicted octanol–water partition coefficient (Wildman–Crippen LogP) is 5.52. The number of likely N-dealkylation sites (tertiary alicyclic amines) is 1. The molecule has 2 bridgehead atoms. The lowest BCUT2D eigenvalue weighted by Gasteiger charge is -2.53. The van der Waals surface area contributed by atoms with Crippen molar-refractivity contribution in [2.45, 2.75) is 44.6 Å². The van der Waals surface area contributed by atoms with Crippen LogP contribution in [0.4, 0.5) is 11.4 Å². The molecule has 0 spiro atoms. The number of fused-ring (bicyclic) bond motifs is 4. The molecule has 0 radical (unpaired) electrons. The first-order chi connectivity index (χ1) is 21.5. The average Bonchev–Trinajstić information content (AvgIpc) is 3.85. The van der Waals surface area contributed by atoms with Crippen molar-refractivity contribution in [3.63, 3.8) is 0 Å². The largest absolute Gasteiger partial charge is 0.491 e. The molecule has 2 aliphatic carbocycles. The van der Waals surface area contributed by atoms with E-state index < -0.39 is 0 Å². The zero-order chi connectivity index (χ0) is 30.8. The number of hydrogen-bond donors (Lipinski definition) is 1. The molecular weight excluding hydrogens is 596 g/mol. The number of carbonyl (C=O) groups is 1. The molecular formula is C35H51ClN2O7. The molecule has 1 saturated heterocycles. The van der Waals surface area contributed by atoms with Crippen LogP contribution in [0.3, 0.4) is 0 Å². The Morgan fingerprint density at radius 2 is 1.40 bits per heavy atom. The smallest absolute Gasteiger partial charge is 0.180 e. The average molecular weight is 647 g/mol. The Morgan fingerprint density at radius 1 is 0.822 bits per heavy atom. The molecule has 0 amide bonds. The summed E-state index contributed by atoms with van der Waals surface area (Å²) in [7, 11) is 1.65. The zero-order valence-electron chi connectivity index (χ0n) is 27.1. The van der Waals surface area contributed by atoms with Gasteiger partial charge in [0.05, 0.1) is 65.5 Å². The highest BCUT2D eigenvalue weighted by Crippen LogP contribution is 2.50. The summed E-state index contributed by atoms with van der Waals surface area (Å²) in [5, 5.41) is 3.53. The van der Waals surface area contributed by atoms with Crippen molar-refractivity contribution < 1.29 is 33.2 Å². The van der Waals surface area contributed by atoms with Crippen LogP contribution in [-0.2, 0) is 29.1 Å². The van der Waals surface area contributed by atoms with Crippen molar-refractivity contribution in [1.29, 1.82) is 0 Å². The van der Waals surface area contributed by atoms with E-state index in [1.54, 1.807) is 7.11 Å². The fourth-order valence-electron chi connectivity index (χ4n) is 6.41. The van der Waals surface area contributed by atoms with E-state index in [9.17, 15) is 4.79 Å². The van der Waals surface area contributed by atoms with Gasteiger partial charge in [-0.1, -0.05) is 13.8 Å². The molecule has 0 unspecified atom stereocenters. The molecule has 2 fully saturated rings. The third-order valence-corrected chi connectivity index (χ3v) is 9.34. The number of carbonyl (C=O) groups excluding carboxylic acids is 1. The van der Waals surface area contributed by atoms with Gasteiger partial charge in [-0.25, -0.2) is 0 Å². The topological polar surface area (TPSA) is 87.7 Å². The quantitative estimate of drug-likeness (QED) is 0.187. The number of methoxy groups -OCH3 is 1. The monoisotopic (exact) mass is 646 g/mol. The van der Waals surface area contributed by atoms with Crippen LogP contribution in [0, 0.1) is 11.8 Å². The van der Waals surface area contributed by atoms with Gasteiger partial charge in [-0.3, -0.25) is 9.69 Å². The van der Waals surface area contributed by atoms with Gasteiger partial charge < -0.3 is 33.7 Å². The molecule has 1 aliphatic heterocycles. The van der Waals surface area contributed by atoms with Crippen molar-refractivity contribution in [2.24, 2.45) is 11.8 Å². The van der Waals surface area contributed by atoms with Crippen LogP contribution in [0.1, 0.15) is 49.0 Å².